The number of hydrogen-bond donors (Lipinski definition) is 1. The summed E-state index contributed by atoms with van der Waals surface area (Å²) in [5.74, 6) is -0.694. The first-order chi connectivity index (χ1) is 14.3. The first-order valence-electron chi connectivity index (χ1n) is 9.34. The minimum Gasteiger partial charge on any atom is -0.497 e. The van der Waals surface area contributed by atoms with Crippen LogP contribution in [0.3, 0.4) is 0 Å². The number of amides is 1. The Labute approximate surface area is 169 Å². The van der Waals surface area contributed by atoms with Gasteiger partial charge in [0, 0.05) is 24.8 Å². The van der Waals surface area contributed by atoms with Gasteiger partial charge in [-0.3, -0.25) is 4.79 Å². The van der Waals surface area contributed by atoms with Crippen LogP contribution in [0, 0.1) is 5.92 Å². The van der Waals surface area contributed by atoms with Gasteiger partial charge in [-0.25, -0.2) is 0 Å². The number of rotatable bonds is 4. The van der Waals surface area contributed by atoms with E-state index in [1.165, 1.54) is 6.07 Å². The summed E-state index contributed by atoms with van der Waals surface area (Å²) in [7, 11) is 1.55. The highest BCUT2D eigenvalue weighted by molar-refractivity contribution is 5.93. The molecule has 2 aromatic heterocycles. The van der Waals surface area contributed by atoms with Gasteiger partial charge < -0.3 is 15.0 Å². The smallest absolute Gasteiger partial charge is 0.453 e. The Morgan fingerprint density at radius 3 is 2.83 bits per heavy atom. The Morgan fingerprint density at radius 2 is 2.07 bits per heavy atom. The van der Waals surface area contributed by atoms with Gasteiger partial charge in [0.25, 0.3) is 5.82 Å². The molecule has 0 bridgehead atoms. The van der Waals surface area contributed by atoms with Crippen molar-refractivity contribution in [2.45, 2.75) is 19.0 Å². The third kappa shape index (κ3) is 4.00. The van der Waals surface area contributed by atoms with Crippen LogP contribution in [-0.4, -0.2) is 45.9 Å². The molecular formula is C19H19F3N6O2. The number of aromatic nitrogens is 4. The van der Waals surface area contributed by atoms with E-state index in [1.807, 2.05) is 0 Å². The number of nitrogens with zero attached hydrogens (tertiary/aromatic N) is 5. The highest BCUT2D eigenvalue weighted by atomic mass is 19.4. The van der Waals surface area contributed by atoms with Gasteiger partial charge in [-0.05, 0) is 37.1 Å². The van der Waals surface area contributed by atoms with Gasteiger partial charge in [-0.15, -0.1) is 15.3 Å². The second kappa shape index (κ2) is 7.81. The van der Waals surface area contributed by atoms with Gasteiger partial charge >= 0.3 is 6.18 Å². The molecule has 1 N–H and O–H groups in total. The molecule has 0 saturated carbocycles. The predicted octanol–water partition coefficient (Wildman–Crippen LogP) is 3.01. The number of benzene rings is 1. The summed E-state index contributed by atoms with van der Waals surface area (Å²) in [6, 6.07) is 10.1. The average Bonchev–Trinajstić information content (AvgIpc) is 3.18. The van der Waals surface area contributed by atoms with E-state index in [2.05, 4.69) is 20.6 Å². The molecule has 1 aliphatic rings. The normalized spacial score (nSPS) is 17.2. The quantitative estimate of drug-likeness (QED) is 0.699. The number of carbonyl (C=O) groups excluding carboxylic acids is 1. The molecule has 4 rings (SSSR count). The van der Waals surface area contributed by atoms with Gasteiger partial charge in [0.15, 0.2) is 5.65 Å². The molecule has 3 heterocycles. The zero-order valence-electron chi connectivity index (χ0n) is 16.1. The lowest BCUT2D eigenvalue weighted by Crippen LogP contribution is -2.41. The maximum Gasteiger partial charge on any atom is 0.453 e. The van der Waals surface area contributed by atoms with Crippen LogP contribution in [0.5, 0.6) is 5.75 Å². The van der Waals surface area contributed by atoms with Crippen molar-refractivity contribution < 1.29 is 22.7 Å². The molecule has 0 radical (unpaired) electrons. The fourth-order valence-corrected chi connectivity index (χ4v) is 3.47. The van der Waals surface area contributed by atoms with Crippen molar-refractivity contribution in [2.75, 3.05) is 30.4 Å². The molecule has 1 saturated heterocycles. The Morgan fingerprint density at radius 1 is 1.23 bits per heavy atom. The molecule has 0 spiro atoms. The average molecular weight is 420 g/mol. The number of ether oxygens (including phenoxy) is 1. The molecular weight excluding hydrogens is 401 g/mol. The molecule has 3 aromatic rings. The summed E-state index contributed by atoms with van der Waals surface area (Å²) in [5, 5.41) is 13.7. The molecule has 30 heavy (non-hydrogen) atoms. The summed E-state index contributed by atoms with van der Waals surface area (Å²) in [6.07, 6.45) is -3.27. The first-order valence-corrected chi connectivity index (χ1v) is 9.34. The third-order valence-electron chi connectivity index (χ3n) is 4.96. The minimum absolute atomic E-state index is 0.00963. The van der Waals surface area contributed by atoms with Gasteiger partial charge in [0.2, 0.25) is 5.91 Å². The van der Waals surface area contributed by atoms with E-state index in [0.29, 0.717) is 47.7 Å². The van der Waals surface area contributed by atoms with E-state index < -0.39 is 12.0 Å². The van der Waals surface area contributed by atoms with Crippen molar-refractivity contribution in [2.24, 2.45) is 5.92 Å². The number of hydrogen-bond acceptors (Lipinski definition) is 6. The monoisotopic (exact) mass is 420 g/mol. The fraction of sp³-hybridized carbons (Fsp3) is 0.368. The molecule has 8 nitrogen and oxygen atoms in total. The van der Waals surface area contributed by atoms with E-state index in [0.717, 1.165) is 0 Å². The highest BCUT2D eigenvalue weighted by Gasteiger charge is 2.38. The van der Waals surface area contributed by atoms with Crippen LogP contribution in [0.1, 0.15) is 18.7 Å². The lowest BCUT2D eigenvalue weighted by molar-refractivity contribution is -0.146. The number of piperidine rings is 1. The van der Waals surface area contributed by atoms with Crippen molar-refractivity contribution >= 4 is 23.1 Å². The van der Waals surface area contributed by atoms with E-state index in [1.54, 1.807) is 42.3 Å². The summed E-state index contributed by atoms with van der Waals surface area (Å²) >= 11 is 0. The Kier molecular flexibility index (Phi) is 5.18. The number of alkyl halides is 3. The number of methoxy groups -OCH3 is 1. The Balaban J connectivity index is 1.51. The maximum atomic E-state index is 13.1. The topological polar surface area (TPSA) is 84.6 Å². The largest absolute Gasteiger partial charge is 0.497 e. The highest BCUT2D eigenvalue weighted by Crippen LogP contribution is 2.29. The molecule has 1 aliphatic heterocycles. The first kappa shape index (κ1) is 19.9. The van der Waals surface area contributed by atoms with Crippen LogP contribution in [0.25, 0.3) is 5.65 Å². The van der Waals surface area contributed by atoms with Crippen LogP contribution in [0.15, 0.2) is 36.4 Å². The second-order valence-corrected chi connectivity index (χ2v) is 6.99. The molecule has 1 amide bonds. The van der Waals surface area contributed by atoms with Gasteiger partial charge in [0.05, 0.1) is 13.0 Å². The van der Waals surface area contributed by atoms with Crippen molar-refractivity contribution in [1.82, 2.24) is 19.8 Å². The predicted molar refractivity (Wildman–Crippen MR) is 102 cm³/mol. The van der Waals surface area contributed by atoms with Crippen molar-refractivity contribution in [3.05, 3.63) is 42.2 Å². The molecule has 1 aromatic carbocycles. The Hall–Kier alpha value is -3.37. The van der Waals surface area contributed by atoms with Gasteiger partial charge in [0.1, 0.15) is 11.6 Å². The standard InChI is InChI=1S/C19H19F3N6O2/c1-30-14-6-2-5-13(10-14)23-17(29)12-4-3-9-27(11-12)16-8-7-15-24-25-18(19(20,21)22)28(15)26-16/h2,5-8,10,12H,3-4,9,11H2,1H3,(H,23,29)/t12-/m1/s1. The number of nitrogens with one attached hydrogen (secondary N) is 1. The number of anilines is 2. The third-order valence-corrected chi connectivity index (χ3v) is 4.96. The molecule has 158 valence electrons. The summed E-state index contributed by atoms with van der Waals surface area (Å²) in [6.45, 7) is 0.933. The van der Waals surface area contributed by atoms with Gasteiger partial charge in [-0.1, -0.05) is 6.07 Å². The molecule has 0 unspecified atom stereocenters. The van der Waals surface area contributed by atoms with E-state index in [-0.39, 0.29) is 17.5 Å². The number of halogens is 3. The van der Waals surface area contributed by atoms with E-state index in [4.69, 9.17) is 4.74 Å². The second-order valence-electron chi connectivity index (χ2n) is 6.99. The van der Waals surface area contributed by atoms with Crippen LogP contribution >= 0.6 is 0 Å². The van der Waals surface area contributed by atoms with E-state index in [9.17, 15) is 18.0 Å². The lowest BCUT2D eigenvalue weighted by atomic mass is 9.97. The van der Waals surface area contributed by atoms with Crippen LogP contribution in [0.4, 0.5) is 24.7 Å². The van der Waals surface area contributed by atoms with Crippen LogP contribution in [0.2, 0.25) is 0 Å². The van der Waals surface area contributed by atoms with Crippen LogP contribution < -0.4 is 15.0 Å². The lowest BCUT2D eigenvalue weighted by Gasteiger charge is -2.32. The molecule has 1 fully saturated rings. The summed E-state index contributed by atoms with van der Waals surface area (Å²) < 4.78 is 45.2. The maximum absolute atomic E-state index is 13.1. The van der Waals surface area contributed by atoms with Crippen molar-refractivity contribution in [3.8, 4) is 5.75 Å². The zero-order valence-corrected chi connectivity index (χ0v) is 16.1. The van der Waals surface area contributed by atoms with E-state index >= 15 is 0 Å². The SMILES string of the molecule is COc1cccc(NC(=O)[C@@H]2CCCN(c3ccc4nnc(C(F)(F)F)n4n3)C2)c1. The molecule has 11 heteroatoms. The molecule has 1 atom stereocenters. The van der Waals surface area contributed by atoms with Gasteiger partial charge in [-0.2, -0.15) is 17.7 Å². The van der Waals surface area contributed by atoms with Crippen molar-refractivity contribution in [1.29, 1.82) is 0 Å². The summed E-state index contributed by atoms with van der Waals surface area (Å²) in [4.78, 5) is 14.5. The summed E-state index contributed by atoms with van der Waals surface area (Å²) in [5.41, 5.74) is 0.630. The number of fused-ring (bicyclic) bond motifs is 1. The van der Waals surface area contributed by atoms with Crippen molar-refractivity contribution in [3.63, 3.8) is 0 Å². The zero-order chi connectivity index (χ0) is 21.3. The number of carbonyl (C=O) groups is 1. The Bertz CT molecular complexity index is 1070. The molecule has 0 aliphatic carbocycles. The minimum atomic E-state index is -4.66. The van der Waals surface area contributed by atoms with Crippen LogP contribution in [-0.2, 0) is 11.0 Å². The fourth-order valence-electron chi connectivity index (χ4n) is 3.47.